The van der Waals surface area contributed by atoms with E-state index in [1.54, 1.807) is 0 Å². The van der Waals surface area contributed by atoms with Gasteiger partial charge in [0.15, 0.2) is 0 Å². The number of nitrogens with zero attached hydrogens (tertiary/aromatic N) is 3. The van der Waals surface area contributed by atoms with Crippen molar-refractivity contribution in [2.75, 3.05) is 11.2 Å². The van der Waals surface area contributed by atoms with Gasteiger partial charge in [0.25, 0.3) is 0 Å². The number of aromatic nitrogens is 3. The smallest absolute Gasteiger partial charge is 0.243 e. The van der Waals surface area contributed by atoms with E-state index in [0.29, 0.717) is 11.8 Å². The lowest BCUT2D eigenvalue weighted by atomic mass is 9.96. The van der Waals surface area contributed by atoms with Crippen molar-refractivity contribution in [1.82, 2.24) is 15.2 Å². The van der Waals surface area contributed by atoms with E-state index >= 15 is 0 Å². The van der Waals surface area contributed by atoms with Crippen LogP contribution in [-0.2, 0) is 0 Å². The number of rotatable bonds is 5. The van der Waals surface area contributed by atoms with Crippen molar-refractivity contribution < 1.29 is 0 Å². The zero-order valence-corrected chi connectivity index (χ0v) is 11.1. The third-order valence-corrected chi connectivity index (χ3v) is 3.12. The Morgan fingerprint density at radius 2 is 1.94 bits per heavy atom. The first-order valence-corrected chi connectivity index (χ1v) is 6.06. The second-order valence-corrected chi connectivity index (χ2v) is 4.66. The van der Waals surface area contributed by atoms with Crippen LogP contribution in [0.3, 0.4) is 0 Å². The third kappa shape index (κ3) is 3.30. The Morgan fingerprint density at radius 1 is 1.25 bits per heavy atom. The highest BCUT2D eigenvalue weighted by atomic mass is 35.5. The summed E-state index contributed by atoms with van der Waals surface area (Å²) >= 11 is 5.79. The molecule has 1 rings (SSSR count). The van der Waals surface area contributed by atoms with Crippen LogP contribution in [0.15, 0.2) is 0 Å². The first-order chi connectivity index (χ1) is 7.50. The van der Waals surface area contributed by atoms with Gasteiger partial charge in [-0.15, -0.1) is 16.7 Å². The quantitative estimate of drug-likeness (QED) is 0.807. The van der Waals surface area contributed by atoms with Gasteiger partial charge in [0.05, 0.1) is 11.4 Å². The Bertz CT molecular complexity index is 356. The number of hydrogen-bond acceptors (Lipinski definition) is 4. The summed E-state index contributed by atoms with van der Waals surface area (Å²) in [6.07, 6.45) is 1.84. The van der Waals surface area contributed by atoms with Gasteiger partial charge < -0.3 is 5.32 Å². The average molecular weight is 243 g/mol. The van der Waals surface area contributed by atoms with Crippen LogP contribution >= 0.6 is 11.6 Å². The van der Waals surface area contributed by atoms with E-state index in [-0.39, 0.29) is 5.54 Å². The molecular formula is C11H19ClN4. The summed E-state index contributed by atoms with van der Waals surface area (Å²) in [6.45, 7) is 8.07. The molecule has 0 aromatic carbocycles. The van der Waals surface area contributed by atoms with Gasteiger partial charge in [-0.25, -0.2) is 4.98 Å². The fraction of sp³-hybridized carbons (Fsp3) is 0.727. The molecule has 1 N–H and O–H groups in total. The topological polar surface area (TPSA) is 50.7 Å². The molecule has 16 heavy (non-hydrogen) atoms. The minimum atomic E-state index is -0.0644. The second kappa shape index (κ2) is 5.43. The lowest BCUT2D eigenvalue weighted by Crippen LogP contribution is -2.35. The van der Waals surface area contributed by atoms with E-state index in [1.165, 1.54) is 0 Å². The first kappa shape index (κ1) is 13.2. The van der Waals surface area contributed by atoms with E-state index in [0.717, 1.165) is 24.2 Å². The van der Waals surface area contributed by atoms with Crippen LogP contribution in [0.2, 0.25) is 0 Å². The van der Waals surface area contributed by atoms with E-state index in [4.69, 9.17) is 11.6 Å². The number of anilines is 1. The molecule has 90 valence electrons. The number of alkyl halides is 1. The Balaban J connectivity index is 2.81. The maximum atomic E-state index is 5.79. The van der Waals surface area contributed by atoms with Gasteiger partial charge in [-0.05, 0) is 33.6 Å². The maximum Gasteiger partial charge on any atom is 0.243 e. The van der Waals surface area contributed by atoms with E-state index < -0.39 is 0 Å². The first-order valence-electron chi connectivity index (χ1n) is 5.53. The molecule has 0 radical (unpaired) electrons. The minimum Gasteiger partial charge on any atom is -0.348 e. The van der Waals surface area contributed by atoms with E-state index in [1.807, 2.05) is 13.8 Å². The molecule has 4 nitrogen and oxygen atoms in total. The van der Waals surface area contributed by atoms with E-state index in [2.05, 4.69) is 34.3 Å². The summed E-state index contributed by atoms with van der Waals surface area (Å²) in [4.78, 5) is 4.36. The van der Waals surface area contributed by atoms with Gasteiger partial charge >= 0.3 is 0 Å². The molecule has 1 atom stereocenters. The lowest BCUT2D eigenvalue weighted by molar-refractivity contribution is 0.475. The zero-order chi connectivity index (χ0) is 12.2. The minimum absolute atomic E-state index is 0.0644. The fourth-order valence-corrected chi connectivity index (χ4v) is 1.73. The Labute approximate surface area is 102 Å². The van der Waals surface area contributed by atoms with Crippen LogP contribution < -0.4 is 5.32 Å². The summed E-state index contributed by atoms with van der Waals surface area (Å²) in [5, 5.41) is 11.4. The molecule has 5 heteroatoms. The summed E-state index contributed by atoms with van der Waals surface area (Å²) in [5.74, 6) is 1.20. The van der Waals surface area contributed by atoms with Crippen molar-refractivity contribution in [2.24, 2.45) is 0 Å². The summed E-state index contributed by atoms with van der Waals surface area (Å²) in [5.41, 5.74) is 1.70. The predicted octanol–water partition coefficient (Wildman–Crippen LogP) is 2.70. The van der Waals surface area contributed by atoms with Gasteiger partial charge in [0.1, 0.15) is 0 Å². The molecule has 0 aliphatic carbocycles. The van der Waals surface area contributed by atoms with Crippen molar-refractivity contribution in [1.29, 1.82) is 0 Å². The molecule has 0 saturated heterocycles. The van der Waals surface area contributed by atoms with Gasteiger partial charge in [0.2, 0.25) is 5.95 Å². The Hall–Kier alpha value is -0.900. The monoisotopic (exact) mass is 242 g/mol. The zero-order valence-electron chi connectivity index (χ0n) is 10.3. The van der Waals surface area contributed by atoms with Crippen LogP contribution in [0, 0.1) is 13.8 Å². The molecule has 0 fully saturated rings. The highest BCUT2D eigenvalue weighted by Crippen LogP contribution is 2.20. The van der Waals surface area contributed by atoms with Crippen molar-refractivity contribution in [2.45, 2.75) is 46.1 Å². The molecule has 0 bridgehead atoms. The normalized spacial score (nSPS) is 14.6. The summed E-state index contributed by atoms with van der Waals surface area (Å²) in [7, 11) is 0. The SMILES string of the molecule is CCC(C)(CCCl)Nc1nnc(C)c(C)n1. The number of aryl methyl sites for hydroxylation is 2. The Kier molecular flexibility index (Phi) is 4.47. The number of nitrogens with one attached hydrogen (secondary N) is 1. The molecule has 0 aliphatic heterocycles. The standard InChI is InChI=1S/C11H19ClN4/c1-5-11(4,6-7-12)14-10-13-8(2)9(3)15-16-10/h5-7H2,1-4H3,(H,13,14,16). The van der Waals surface area contributed by atoms with Gasteiger partial charge in [-0.3, -0.25) is 0 Å². The van der Waals surface area contributed by atoms with Crippen molar-refractivity contribution in [3.05, 3.63) is 11.4 Å². The average Bonchev–Trinajstić information content (AvgIpc) is 2.24. The van der Waals surface area contributed by atoms with Crippen LogP contribution in [-0.4, -0.2) is 26.6 Å². The van der Waals surface area contributed by atoms with Gasteiger partial charge in [-0.2, -0.15) is 5.10 Å². The largest absolute Gasteiger partial charge is 0.348 e. The predicted molar refractivity (Wildman–Crippen MR) is 67.0 cm³/mol. The molecule has 1 heterocycles. The number of halogens is 1. The summed E-state index contributed by atoms with van der Waals surface area (Å²) in [6, 6.07) is 0. The molecular weight excluding hydrogens is 224 g/mol. The second-order valence-electron chi connectivity index (χ2n) is 4.28. The molecule has 0 amide bonds. The molecule has 1 aromatic rings. The van der Waals surface area contributed by atoms with Crippen LogP contribution in [0.1, 0.15) is 38.1 Å². The lowest BCUT2D eigenvalue weighted by Gasteiger charge is -2.28. The van der Waals surface area contributed by atoms with Crippen molar-refractivity contribution in [3.8, 4) is 0 Å². The van der Waals surface area contributed by atoms with Crippen LogP contribution in [0.5, 0.6) is 0 Å². The fourth-order valence-electron chi connectivity index (χ4n) is 1.32. The molecule has 1 aromatic heterocycles. The van der Waals surface area contributed by atoms with Gasteiger partial charge in [0, 0.05) is 11.4 Å². The highest BCUT2D eigenvalue weighted by Gasteiger charge is 2.22. The molecule has 1 unspecified atom stereocenters. The van der Waals surface area contributed by atoms with Crippen LogP contribution in [0.4, 0.5) is 5.95 Å². The highest BCUT2D eigenvalue weighted by molar-refractivity contribution is 6.17. The van der Waals surface area contributed by atoms with Crippen molar-refractivity contribution >= 4 is 17.5 Å². The van der Waals surface area contributed by atoms with Crippen molar-refractivity contribution in [3.63, 3.8) is 0 Å². The molecule has 0 saturated carbocycles. The van der Waals surface area contributed by atoms with Crippen LogP contribution in [0.25, 0.3) is 0 Å². The third-order valence-electron chi connectivity index (χ3n) is 2.93. The maximum absolute atomic E-state index is 5.79. The molecule has 0 aliphatic rings. The summed E-state index contributed by atoms with van der Waals surface area (Å²) < 4.78 is 0. The Morgan fingerprint density at radius 3 is 2.44 bits per heavy atom. The van der Waals surface area contributed by atoms with E-state index in [9.17, 15) is 0 Å². The number of hydrogen-bond donors (Lipinski definition) is 1. The van der Waals surface area contributed by atoms with Gasteiger partial charge in [-0.1, -0.05) is 6.92 Å². The molecule has 0 spiro atoms.